The van der Waals surface area contributed by atoms with Crippen molar-refractivity contribution in [2.45, 2.75) is 13.0 Å². The third-order valence-corrected chi connectivity index (χ3v) is 4.13. The Labute approximate surface area is 144 Å². The molecule has 0 unspecified atom stereocenters. The summed E-state index contributed by atoms with van der Waals surface area (Å²) in [6.07, 6.45) is 5.52. The normalized spacial score (nSPS) is 10.9. The number of pyridine rings is 1. The van der Waals surface area contributed by atoms with Gasteiger partial charge in [0.05, 0.1) is 13.0 Å². The Bertz CT molecular complexity index is 833. The molecule has 0 aliphatic carbocycles. The smallest absolute Gasteiger partial charge is 0.227 e. The third-order valence-electron chi connectivity index (χ3n) is 3.89. The van der Waals surface area contributed by atoms with Crippen LogP contribution >= 0.6 is 11.6 Å². The van der Waals surface area contributed by atoms with E-state index in [0.29, 0.717) is 18.1 Å². The van der Waals surface area contributed by atoms with Crippen molar-refractivity contribution < 1.29 is 9.90 Å². The molecule has 0 aliphatic rings. The van der Waals surface area contributed by atoms with E-state index in [1.807, 2.05) is 36.5 Å². The van der Waals surface area contributed by atoms with Crippen LogP contribution in [0, 0.1) is 0 Å². The van der Waals surface area contributed by atoms with Crippen LogP contribution in [0.4, 0.5) is 0 Å². The van der Waals surface area contributed by atoms with Crippen LogP contribution in [0.1, 0.15) is 11.1 Å². The van der Waals surface area contributed by atoms with E-state index in [9.17, 15) is 9.90 Å². The highest BCUT2D eigenvalue weighted by molar-refractivity contribution is 6.31. The largest absolute Gasteiger partial charge is 0.395 e. The minimum atomic E-state index is -0.0739. The van der Waals surface area contributed by atoms with Crippen molar-refractivity contribution in [1.29, 1.82) is 0 Å². The zero-order valence-electron chi connectivity index (χ0n) is 13.1. The van der Waals surface area contributed by atoms with Gasteiger partial charge >= 0.3 is 0 Å². The predicted molar refractivity (Wildman–Crippen MR) is 93.8 cm³/mol. The first-order chi connectivity index (χ1) is 11.7. The van der Waals surface area contributed by atoms with Gasteiger partial charge in [0.25, 0.3) is 0 Å². The number of nitrogens with zero attached hydrogens (tertiary/aromatic N) is 2. The SMILES string of the molecule is O=C(Cc1c[nH]c2cc(Cl)ccc12)N(CCO)Cc1cccnc1. The maximum Gasteiger partial charge on any atom is 0.227 e. The van der Waals surface area contributed by atoms with E-state index < -0.39 is 0 Å². The molecule has 0 aliphatic heterocycles. The molecule has 3 aromatic rings. The molecule has 1 amide bonds. The van der Waals surface area contributed by atoms with Gasteiger partial charge in [0.2, 0.25) is 5.91 Å². The maximum atomic E-state index is 12.7. The number of aliphatic hydroxyl groups is 1. The van der Waals surface area contributed by atoms with Crippen LogP contribution < -0.4 is 0 Å². The number of carbonyl (C=O) groups excluding carboxylic acids is 1. The number of hydrogen-bond donors (Lipinski definition) is 2. The van der Waals surface area contributed by atoms with Gasteiger partial charge in [-0.3, -0.25) is 9.78 Å². The van der Waals surface area contributed by atoms with E-state index >= 15 is 0 Å². The van der Waals surface area contributed by atoms with E-state index in [4.69, 9.17) is 11.6 Å². The van der Waals surface area contributed by atoms with Crippen LogP contribution in [0.2, 0.25) is 5.02 Å². The Hall–Kier alpha value is -2.37. The maximum absolute atomic E-state index is 12.7. The van der Waals surface area contributed by atoms with Gasteiger partial charge < -0.3 is 15.0 Å². The van der Waals surface area contributed by atoms with E-state index in [2.05, 4.69) is 9.97 Å². The van der Waals surface area contributed by atoms with Gasteiger partial charge in [-0.15, -0.1) is 0 Å². The number of carbonyl (C=O) groups is 1. The third kappa shape index (κ3) is 3.75. The Balaban J connectivity index is 1.77. The number of aromatic nitrogens is 2. The van der Waals surface area contributed by atoms with E-state index in [0.717, 1.165) is 22.0 Å². The minimum Gasteiger partial charge on any atom is -0.395 e. The molecule has 5 nitrogen and oxygen atoms in total. The van der Waals surface area contributed by atoms with Gasteiger partial charge in [0.1, 0.15) is 0 Å². The van der Waals surface area contributed by atoms with Crippen molar-refractivity contribution in [2.75, 3.05) is 13.2 Å². The molecule has 0 saturated carbocycles. The van der Waals surface area contributed by atoms with Gasteiger partial charge in [0.15, 0.2) is 0 Å². The molecule has 2 aromatic heterocycles. The molecule has 0 fully saturated rings. The second kappa shape index (κ2) is 7.47. The number of rotatable bonds is 6. The molecule has 0 saturated heterocycles. The fraction of sp³-hybridized carbons (Fsp3) is 0.222. The monoisotopic (exact) mass is 343 g/mol. The Kier molecular flexibility index (Phi) is 5.13. The number of H-pyrrole nitrogens is 1. The molecule has 0 spiro atoms. The second-order valence-electron chi connectivity index (χ2n) is 5.58. The van der Waals surface area contributed by atoms with Gasteiger partial charge in [-0.2, -0.15) is 0 Å². The summed E-state index contributed by atoms with van der Waals surface area (Å²) in [5, 5.41) is 10.9. The molecule has 1 aromatic carbocycles. The number of nitrogens with one attached hydrogen (secondary N) is 1. The van der Waals surface area contributed by atoms with Crippen LogP contribution in [-0.2, 0) is 17.8 Å². The topological polar surface area (TPSA) is 69.2 Å². The summed E-state index contributed by atoms with van der Waals surface area (Å²) in [5.41, 5.74) is 2.76. The summed E-state index contributed by atoms with van der Waals surface area (Å²) in [5.74, 6) is -0.0382. The Morgan fingerprint density at radius 1 is 1.33 bits per heavy atom. The summed E-state index contributed by atoms with van der Waals surface area (Å²) in [6, 6.07) is 9.31. The van der Waals surface area contributed by atoms with Gasteiger partial charge in [0, 0.05) is 47.6 Å². The van der Waals surface area contributed by atoms with Crippen LogP contribution in [0.25, 0.3) is 10.9 Å². The number of aromatic amines is 1. The number of hydrogen-bond acceptors (Lipinski definition) is 3. The van der Waals surface area contributed by atoms with Crippen molar-refractivity contribution in [3.05, 3.63) is 65.1 Å². The summed E-state index contributed by atoms with van der Waals surface area (Å²) in [6.45, 7) is 0.652. The lowest BCUT2D eigenvalue weighted by molar-refractivity contribution is -0.131. The first-order valence-corrected chi connectivity index (χ1v) is 8.08. The van der Waals surface area contributed by atoms with Gasteiger partial charge in [-0.25, -0.2) is 0 Å². The molecular weight excluding hydrogens is 326 g/mol. The minimum absolute atomic E-state index is 0.0382. The molecule has 2 heterocycles. The number of amides is 1. The van der Waals surface area contributed by atoms with Crippen molar-refractivity contribution in [3.63, 3.8) is 0 Å². The number of halogens is 1. The van der Waals surface area contributed by atoms with E-state index in [1.54, 1.807) is 17.3 Å². The number of fused-ring (bicyclic) bond motifs is 1. The first-order valence-electron chi connectivity index (χ1n) is 7.70. The lowest BCUT2D eigenvalue weighted by Gasteiger charge is -2.21. The Morgan fingerprint density at radius 2 is 2.21 bits per heavy atom. The standard InChI is InChI=1S/C18H18ClN3O2/c19-15-3-4-16-14(11-21-17(16)9-15)8-18(24)22(6-7-23)12-13-2-1-5-20-10-13/h1-5,9-11,21,23H,6-8,12H2. The molecule has 6 heteroatoms. The van der Waals surface area contributed by atoms with Crippen molar-refractivity contribution in [1.82, 2.24) is 14.9 Å². The lowest BCUT2D eigenvalue weighted by Crippen LogP contribution is -2.34. The molecule has 0 atom stereocenters. The summed E-state index contributed by atoms with van der Waals surface area (Å²) in [7, 11) is 0. The highest BCUT2D eigenvalue weighted by Crippen LogP contribution is 2.23. The summed E-state index contributed by atoms with van der Waals surface area (Å²) < 4.78 is 0. The second-order valence-corrected chi connectivity index (χ2v) is 6.02. The summed E-state index contributed by atoms with van der Waals surface area (Å²) in [4.78, 5) is 21.5. The van der Waals surface area contributed by atoms with E-state index in [1.165, 1.54) is 0 Å². The Morgan fingerprint density at radius 3 is 2.96 bits per heavy atom. The first kappa shape index (κ1) is 16.5. The predicted octanol–water partition coefficient (Wildman–Crippen LogP) is 2.78. The highest BCUT2D eigenvalue weighted by Gasteiger charge is 2.16. The van der Waals surface area contributed by atoms with Crippen molar-refractivity contribution in [3.8, 4) is 0 Å². The zero-order valence-corrected chi connectivity index (χ0v) is 13.8. The fourth-order valence-electron chi connectivity index (χ4n) is 2.70. The zero-order chi connectivity index (χ0) is 16.9. The van der Waals surface area contributed by atoms with Gasteiger partial charge in [-0.1, -0.05) is 23.7 Å². The summed E-state index contributed by atoms with van der Waals surface area (Å²) >= 11 is 5.99. The van der Waals surface area contributed by atoms with Crippen LogP contribution in [0.15, 0.2) is 48.9 Å². The average Bonchev–Trinajstić information content (AvgIpc) is 2.97. The highest BCUT2D eigenvalue weighted by atomic mass is 35.5. The molecule has 24 heavy (non-hydrogen) atoms. The molecular formula is C18H18ClN3O2. The van der Waals surface area contributed by atoms with Crippen LogP contribution in [0.5, 0.6) is 0 Å². The van der Waals surface area contributed by atoms with Crippen molar-refractivity contribution >= 4 is 28.4 Å². The average molecular weight is 344 g/mol. The number of aliphatic hydroxyl groups excluding tert-OH is 1. The number of benzene rings is 1. The van der Waals surface area contributed by atoms with E-state index in [-0.39, 0.29) is 18.9 Å². The molecule has 0 bridgehead atoms. The lowest BCUT2D eigenvalue weighted by atomic mass is 10.1. The molecule has 2 N–H and O–H groups in total. The quantitative estimate of drug-likeness (QED) is 0.723. The van der Waals surface area contributed by atoms with Crippen LogP contribution in [-0.4, -0.2) is 39.0 Å². The molecule has 0 radical (unpaired) electrons. The van der Waals surface area contributed by atoms with Crippen molar-refractivity contribution in [2.24, 2.45) is 0 Å². The van der Waals surface area contributed by atoms with Crippen LogP contribution in [0.3, 0.4) is 0 Å². The molecule has 3 rings (SSSR count). The molecule has 124 valence electrons. The fourth-order valence-corrected chi connectivity index (χ4v) is 2.88. The van der Waals surface area contributed by atoms with Gasteiger partial charge in [-0.05, 0) is 29.3 Å².